The lowest BCUT2D eigenvalue weighted by atomic mass is 9.93. The van der Waals surface area contributed by atoms with E-state index in [1.165, 1.54) is 0 Å². The monoisotopic (exact) mass is 500 g/mol. The molecular formula is C28H24N2O5S. The molecule has 1 atom stereocenters. The standard InChI is InChI=1S/C28H24N2O5S/c1-17(18-5-3-2-4-6-18)35-26(33)29-24-23(36-27(34)30-24)21-9-7-19(8-10-21)20-11-13-22(14-12-20)28(15-16-28)25(31)32/h2-14,17H,15-16H2,1H3,(H,29,33)(H,30,34)(H,31,32). The molecule has 1 heterocycles. The Labute approximate surface area is 211 Å². The molecule has 7 nitrogen and oxygen atoms in total. The molecule has 36 heavy (non-hydrogen) atoms. The van der Waals surface area contributed by atoms with Crippen molar-refractivity contribution >= 4 is 29.2 Å². The molecule has 0 radical (unpaired) electrons. The highest BCUT2D eigenvalue weighted by atomic mass is 32.1. The van der Waals surface area contributed by atoms with Crippen molar-refractivity contribution in [2.45, 2.75) is 31.3 Å². The smallest absolute Gasteiger partial charge is 0.413 e. The fourth-order valence-corrected chi connectivity index (χ4v) is 5.05. The highest BCUT2D eigenvalue weighted by Gasteiger charge is 2.51. The molecule has 3 N–H and O–H groups in total. The summed E-state index contributed by atoms with van der Waals surface area (Å²) in [6.45, 7) is 1.78. The molecule has 1 fully saturated rings. The molecule has 5 rings (SSSR count). The number of amides is 1. The van der Waals surface area contributed by atoms with E-state index >= 15 is 0 Å². The molecule has 8 heteroatoms. The number of carboxylic acids is 1. The Bertz CT molecular complexity index is 1450. The Morgan fingerprint density at radius 2 is 1.53 bits per heavy atom. The third-order valence-electron chi connectivity index (χ3n) is 6.51. The van der Waals surface area contributed by atoms with Gasteiger partial charge in [-0.3, -0.25) is 19.9 Å². The summed E-state index contributed by atoms with van der Waals surface area (Å²) < 4.78 is 5.47. The summed E-state index contributed by atoms with van der Waals surface area (Å²) in [6, 6.07) is 24.6. The molecule has 0 saturated heterocycles. The van der Waals surface area contributed by atoms with Gasteiger partial charge in [0.25, 0.3) is 0 Å². The number of rotatable bonds is 7. The van der Waals surface area contributed by atoms with E-state index in [0.717, 1.165) is 39.2 Å². The lowest BCUT2D eigenvalue weighted by molar-refractivity contribution is -0.140. The minimum Gasteiger partial charge on any atom is -0.481 e. The second kappa shape index (κ2) is 9.47. The Hall–Kier alpha value is -4.17. The number of carbonyl (C=O) groups excluding carboxylic acids is 1. The summed E-state index contributed by atoms with van der Waals surface area (Å²) in [7, 11) is 0. The van der Waals surface area contributed by atoms with E-state index in [2.05, 4.69) is 10.3 Å². The van der Waals surface area contributed by atoms with Gasteiger partial charge in [0.05, 0.1) is 10.3 Å². The van der Waals surface area contributed by atoms with Gasteiger partial charge in [0.15, 0.2) is 0 Å². The van der Waals surface area contributed by atoms with E-state index in [4.69, 9.17) is 4.74 Å². The van der Waals surface area contributed by atoms with Crippen LogP contribution in [0.1, 0.15) is 37.0 Å². The maximum Gasteiger partial charge on any atom is 0.413 e. The molecular weight excluding hydrogens is 476 g/mol. The third-order valence-corrected chi connectivity index (χ3v) is 7.44. The van der Waals surface area contributed by atoms with Crippen LogP contribution in [0.2, 0.25) is 0 Å². The molecule has 1 amide bonds. The van der Waals surface area contributed by atoms with Gasteiger partial charge in [-0.2, -0.15) is 0 Å². The van der Waals surface area contributed by atoms with Gasteiger partial charge < -0.3 is 9.84 Å². The summed E-state index contributed by atoms with van der Waals surface area (Å²) in [5.74, 6) is -0.483. The first-order valence-electron chi connectivity index (χ1n) is 11.6. The number of aromatic amines is 1. The SMILES string of the molecule is CC(OC(=O)Nc1[nH]c(=O)sc1-c1ccc(-c2ccc(C3(C(=O)O)CC3)cc2)cc1)c1ccccc1. The van der Waals surface area contributed by atoms with Crippen molar-refractivity contribution in [3.8, 4) is 21.6 Å². The van der Waals surface area contributed by atoms with Gasteiger partial charge in [0, 0.05) is 0 Å². The molecule has 182 valence electrons. The fourth-order valence-electron chi connectivity index (χ4n) is 4.25. The van der Waals surface area contributed by atoms with Crippen molar-refractivity contribution < 1.29 is 19.4 Å². The average Bonchev–Trinajstić information content (AvgIpc) is 3.63. The van der Waals surface area contributed by atoms with Crippen molar-refractivity contribution in [3.05, 3.63) is 99.7 Å². The van der Waals surface area contributed by atoms with Gasteiger partial charge in [0.1, 0.15) is 11.9 Å². The van der Waals surface area contributed by atoms with E-state index in [0.29, 0.717) is 17.7 Å². The number of H-pyrrole nitrogens is 1. The predicted molar refractivity (Wildman–Crippen MR) is 139 cm³/mol. The number of ether oxygens (including phenoxy) is 1. The number of aliphatic carboxylic acids is 1. The van der Waals surface area contributed by atoms with Crippen molar-refractivity contribution in [3.63, 3.8) is 0 Å². The van der Waals surface area contributed by atoms with E-state index in [1.807, 2.05) is 78.9 Å². The van der Waals surface area contributed by atoms with E-state index in [-0.39, 0.29) is 10.7 Å². The average molecular weight is 501 g/mol. The minimum absolute atomic E-state index is 0.288. The van der Waals surface area contributed by atoms with Gasteiger partial charge >= 0.3 is 16.9 Å². The maximum atomic E-state index is 12.5. The Morgan fingerprint density at radius 3 is 2.11 bits per heavy atom. The number of hydrogen-bond acceptors (Lipinski definition) is 5. The summed E-state index contributed by atoms with van der Waals surface area (Å²) in [4.78, 5) is 39.1. The van der Waals surface area contributed by atoms with Crippen LogP contribution in [-0.4, -0.2) is 22.2 Å². The van der Waals surface area contributed by atoms with Crippen molar-refractivity contribution in [1.29, 1.82) is 0 Å². The number of thiazole rings is 1. The quantitative estimate of drug-likeness (QED) is 0.280. The van der Waals surface area contributed by atoms with Crippen LogP contribution >= 0.6 is 11.3 Å². The van der Waals surface area contributed by atoms with Crippen molar-refractivity contribution in [2.75, 3.05) is 5.32 Å². The first kappa shape index (κ1) is 23.6. The van der Waals surface area contributed by atoms with Gasteiger partial charge in [-0.15, -0.1) is 0 Å². The van der Waals surface area contributed by atoms with Crippen LogP contribution in [0.5, 0.6) is 0 Å². The molecule has 0 spiro atoms. The number of aromatic nitrogens is 1. The molecule has 1 aliphatic carbocycles. The fraction of sp³-hybridized carbons (Fsp3) is 0.179. The van der Waals surface area contributed by atoms with E-state index < -0.39 is 23.6 Å². The highest BCUT2D eigenvalue weighted by molar-refractivity contribution is 7.13. The zero-order valence-corrected chi connectivity index (χ0v) is 20.3. The molecule has 3 aromatic carbocycles. The lowest BCUT2D eigenvalue weighted by Crippen LogP contribution is -2.19. The second-order valence-corrected chi connectivity index (χ2v) is 9.83. The summed E-state index contributed by atoms with van der Waals surface area (Å²) in [6.07, 6.45) is 0.236. The van der Waals surface area contributed by atoms with Crippen LogP contribution in [0, 0.1) is 0 Å². The zero-order valence-electron chi connectivity index (χ0n) is 19.5. The number of benzene rings is 3. The van der Waals surface area contributed by atoms with E-state index in [1.54, 1.807) is 6.92 Å². The van der Waals surface area contributed by atoms with Crippen LogP contribution in [0.15, 0.2) is 83.7 Å². The van der Waals surface area contributed by atoms with Crippen LogP contribution in [0.4, 0.5) is 10.6 Å². The number of carboxylic acid groups (broad SMARTS) is 1. The van der Waals surface area contributed by atoms with Crippen LogP contribution in [-0.2, 0) is 14.9 Å². The van der Waals surface area contributed by atoms with Gasteiger partial charge in [-0.05, 0) is 47.6 Å². The maximum absolute atomic E-state index is 12.5. The summed E-state index contributed by atoms with van der Waals surface area (Å²) in [5.41, 5.74) is 3.66. The first-order chi connectivity index (χ1) is 17.4. The van der Waals surface area contributed by atoms with Gasteiger partial charge in [-0.1, -0.05) is 90.2 Å². The third kappa shape index (κ3) is 4.67. The number of hydrogen-bond donors (Lipinski definition) is 3. The Kier molecular flexibility index (Phi) is 6.20. The highest BCUT2D eigenvalue weighted by Crippen LogP contribution is 2.48. The lowest BCUT2D eigenvalue weighted by Gasteiger charge is -2.14. The van der Waals surface area contributed by atoms with Gasteiger partial charge in [-0.25, -0.2) is 4.79 Å². The van der Waals surface area contributed by atoms with Crippen molar-refractivity contribution in [2.24, 2.45) is 0 Å². The van der Waals surface area contributed by atoms with Gasteiger partial charge in [0.2, 0.25) is 0 Å². The van der Waals surface area contributed by atoms with Crippen LogP contribution < -0.4 is 10.2 Å². The molecule has 1 aromatic heterocycles. The molecule has 0 aliphatic heterocycles. The zero-order chi connectivity index (χ0) is 25.3. The number of anilines is 1. The topological polar surface area (TPSA) is 108 Å². The summed E-state index contributed by atoms with van der Waals surface area (Å²) in [5, 5.41) is 12.2. The molecule has 1 unspecified atom stereocenters. The minimum atomic E-state index is -0.770. The number of carbonyl (C=O) groups is 2. The first-order valence-corrected chi connectivity index (χ1v) is 12.4. The molecule has 1 aliphatic rings. The van der Waals surface area contributed by atoms with Crippen molar-refractivity contribution in [1.82, 2.24) is 4.98 Å². The largest absolute Gasteiger partial charge is 0.481 e. The molecule has 4 aromatic rings. The van der Waals surface area contributed by atoms with Crippen LogP contribution in [0.3, 0.4) is 0 Å². The molecule has 1 saturated carbocycles. The Morgan fingerprint density at radius 1 is 0.944 bits per heavy atom. The van der Waals surface area contributed by atoms with E-state index in [9.17, 15) is 19.5 Å². The normalized spacial score (nSPS) is 14.6. The predicted octanol–water partition coefficient (Wildman–Crippen LogP) is 6.20. The Balaban J connectivity index is 1.30. The molecule has 0 bridgehead atoms. The number of nitrogens with one attached hydrogen (secondary N) is 2. The van der Waals surface area contributed by atoms with Crippen LogP contribution in [0.25, 0.3) is 21.6 Å². The summed E-state index contributed by atoms with van der Waals surface area (Å²) >= 11 is 1.00. The second-order valence-electron chi connectivity index (χ2n) is 8.84.